The molecule has 0 spiro atoms. The fourth-order valence-corrected chi connectivity index (χ4v) is 2.36. The van der Waals surface area contributed by atoms with Crippen molar-refractivity contribution < 1.29 is 0 Å². The van der Waals surface area contributed by atoms with Crippen LogP contribution in [0, 0.1) is 5.92 Å². The number of hydrogen-bond donors (Lipinski definition) is 1. The van der Waals surface area contributed by atoms with Gasteiger partial charge in [-0.15, -0.1) is 10.2 Å². The number of rotatable bonds is 7. The van der Waals surface area contributed by atoms with Gasteiger partial charge in [-0.2, -0.15) is 9.61 Å². The predicted octanol–water partition coefficient (Wildman–Crippen LogP) is 1.82. The molecule has 0 aliphatic rings. The maximum absolute atomic E-state index is 5.65. The van der Waals surface area contributed by atoms with E-state index >= 15 is 0 Å². The quantitative estimate of drug-likeness (QED) is 0.810. The fraction of sp³-hybridized carbons (Fsp3) is 0.615. The largest absolute Gasteiger partial charge is 0.330 e. The van der Waals surface area contributed by atoms with Crippen LogP contribution in [0.1, 0.15) is 38.4 Å². The van der Waals surface area contributed by atoms with Crippen LogP contribution in [0.4, 0.5) is 0 Å². The lowest BCUT2D eigenvalue weighted by Crippen LogP contribution is -2.11. The van der Waals surface area contributed by atoms with Gasteiger partial charge >= 0.3 is 0 Å². The molecule has 2 N–H and O–H groups in total. The Kier molecular flexibility index (Phi) is 4.64. The van der Waals surface area contributed by atoms with E-state index in [-0.39, 0.29) is 0 Å². The van der Waals surface area contributed by atoms with E-state index in [4.69, 9.17) is 5.73 Å². The molecule has 0 aliphatic carbocycles. The lowest BCUT2D eigenvalue weighted by Gasteiger charge is -2.13. The molecular weight excluding hydrogens is 226 g/mol. The van der Waals surface area contributed by atoms with Gasteiger partial charge < -0.3 is 5.73 Å². The first kappa shape index (κ1) is 13.0. The van der Waals surface area contributed by atoms with E-state index in [0.29, 0.717) is 5.92 Å². The zero-order valence-corrected chi connectivity index (χ0v) is 10.9. The summed E-state index contributed by atoms with van der Waals surface area (Å²) in [5.41, 5.74) is 6.47. The molecule has 0 amide bonds. The first-order chi connectivity index (χ1) is 8.85. The van der Waals surface area contributed by atoms with Gasteiger partial charge in [0, 0.05) is 12.6 Å². The minimum atomic E-state index is 0.691. The normalized spacial score (nSPS) is 13.0. The summed E-state index contributed by atoms with van der Waals surface area (Å²) in [5, 5.41) is 12.6. The highest BCUT2D eigenvalue weighted by Gasteiger charge is 2.11. The molecular formula is C13H21N5. The molecule has 0 saturated carbocycles. The number of fused-ring (bicyclic) bond motifs is 1. The molecule has 2 aromatic heterocycles. The second-order valence-corrected chi connectivity index (χ2v) is 4.68. The Balaban J connectivity index is 2.00. The van der Waals surface area contributed by atoms with Crippen LogP contribution in [0.15, 0.2) is 18.3 Å². The van der Waals surface area contributed by atoms with Crippen molar-refractivity contribution in [3.8, 4) is 0 Å². The van der Waals surface area contributed by atoms with E-state index in [0.717, 1.165) is 37.3 Å². The van der Waals surface area contributed by atoms with Gasteiger partial charge in [-0.3, -0.25) is 0 Å². The zero-order chi connectivity index (χ0) is 12.8. The summed E-state index contributed by atoms with van der Waals surface area (Å²) in [6.45, 7) is 2.99. The molecule has 5 heteroatoms. The maximum Gasteiger partial charge on any atom is 0.177 e. The van der Waals surface area contributed by atoms with E-state index in [9.17, 15) is 0 Å². The second-order valence-electron chi connectivity index (χ2n) is 4.68. The summed E-state index contributed by atoms with van der Waals surface area (Å²) in [4.78, 5) is 0. The number of hydrogen-bond acceptors (Lipinski definition) is 4. The Bertz CT molecular complexity index is 473. The summed E-state index contributed by atoms with van der Waals surface area (Å²) < 4.78 is 1.82. The van der Waals surface area contributed by atoms with Gasteiger partial charge in [-0.1, -0.05) is 19.8 Å². The molecule has 1 atom stereocenters. The van der Waals surface area contributed by atoms with Crippen molar-refractivity contribution in [3.63, 3.8) is 0 Å². The van der Waals surface area contributed by atoms with Gasteiger partial charge in [0.05, 0.1) is 0 Å². The van der Waals surface area contributed by atoms with Crippen molar-refractivity contribution in [3.05, 3.63) is 24.2 Å². The van der Waals surface area contributed by atoms with Crippen LogP contribution >= 0.6 is 0 Å². The molecule has 1 unspecified atom stereocenters. The van der Waals surface area contributed by atoms with Gasteiger partial charge in [0.1, 0.15) is 0 Å². The highest BCUT2D eigenvalue weighted by molar-refractivity contribution is 5.34. The van der Waals surface area contributed by atoms with Gasteiger partial charge in [0.25, 0.3) is 0 Å². The summed E-state index contributed by atoms with van der Waals surface area (Å²) in [5.74, 6) is 1.64. The maximum atomic E-state index is 5.65. The third-order valence-electron chi connectivity index (χ3n) is 3.29. The molecule has 98 valence electrons. The third-order valence-corrected chi connectivity index (χ3v) is 3.29. The summed E-state index contributed by atoms with van der Waals surface area (Å²) >= 11 is 0. The van der Waals surface area contributed by atoms with Crippen molar-refractivity contribution in [2.24, 2.45) is 11.7 Å². The van der Waals surface area contributed by atoms with Crippen molar-refractivity contribution in [2.45, 2.75) is 39.0 Å². The van der Waals surface area contributed by atoms with Crippen molar-refractivity contribution in [1.82, 2.24) is 19.8 Å². The number of aromatic nitrogens is 4. The molecule has 0 aliphatic heterocycles. The average molecular weight is 247 g/mol. The molecule has 2 heterocycles. The molecule has 18 heavy (non-hydrogen) atoms. The SMILES string of the molecule is CCCC(CCN)CCc1nnc2cccnn12. The zero-order valence-electron chi connectivity index (χ0n) is 10.9. The third kappa shape index (κ3) is 3.04. The lowest BCUT2D eigenvalue weighted by atomic mass is 9.94. The topological polar surface area (TPSA) is 69.1 Å². The van der Waals surface area contributed by atoms with Gasteiger partial charge in [-0.05, 0) is 37.4 Å². The Morgan fingerprint density at radius 1 is 1.28 bits per heavy atom. The summed E-state index contributed by atoms with van der Waals surface area (Å²) in [7, 11) is 0. The Hall–Kier alpha value is -1.49. The van der Waals surface area contributed by atoms with Crippen LogP contribution < -0.4 is 5.73 Å². The minimum Gasteiger partial charge on any atom is -0.330 e. The fourth-order valence-electron chi connectivity index (χ4n) is 2.36. The average Bonchev–Trinajstić information content (AvgIpc) is 2.80. The molecule has 2 rings (SSSR count). The van der Waals surface area contributed by atoms with Crippen LogP contribution in [0.3, 0.4) is 0 Å². The Labute approximate surface area is 107 Å². The summed E-state index contributed by atoms with van der Waals surface area (Å²) in [6.07, 6.45) is 7.34. The van der Waals surface area contributed by atoms with Crippen LogP contribution in [-0.2, 0) is 6.42 Å². The van der Waals surface area contributed by atoms with Crippen LogP contribution in [-0.4, -0.2) is 26.4 Å². The molecule has 2 aromatic rings. The monoisotopic (exact) mass is 247 g/mol. The minimum absolute atomic E-state index is 0.691. The van der Waals surface area contributed by atoms with Gasteiger partial charge in [0.15, 0.2) is 11.5 Å². The number of aryl methyl sites for hydroxylation is 1. The predicted molar refractivity (Wildman–Crippen MR) is 71.2 cm³/mol. The van der Waals surface area contributed by atoms with E-state index in [2.05, 4.69) is 22.2 Å². The molecule has 0 saturated heterocycles. The van der Waals surface area contributed by atoms with Crippen LogP contribution in [0.5, 0.6) is 0 Å². The van der Waals surface area contributed by atoms with Crippen LogP contribution in [0.2, 0.25) is 0 Å². The first-order valence-electron chi connectivity index (χ1n) is 6.70. The lowest BCUT2D eigenvalue weighted by molar-refractivity contribution is 0.416. The smallest absolute Gasteiger partial charge is 0.177 e. The van der Waals surface area contributed by atoms with E-state index in [1.165, 1.54) is 12.8 Å². The molecule has 0 bridgehead atoms. The van der Waals surface area contributed by atoms with Crippen molar-refractivity contribution >= 4 is 5.65 Å². The molecule has 0 aromatic carbocycles. The van der Waals surface area contributed by atoms with Crippen molar-refractivity contribution in [1.29, 1.82) is 0 Å². The Morgan fingerprint density at radius 3 is 2.94 bits per heavy atom. The highest BCUT2D eigenvalue weighted by Crippen LogP contribution is 2.17. The number of nitrogens with zero attached hydrogens (tertiary/aromatic N) is 4. The highest BCUT2D eigenvalue weighted by atomic mass is 15.4. The number of nitrogens with two attached hydrogens (primary N) is 1. The first-order valence-corrected chi connectivity index (χ1v) is 6.70. The van der Waals surface area contributed by atoms with E-state index in [1.807, 2.05) is 16.6 Å². The van der Waals surface area contributed by atoms with Gasteiger partial charge in [-0.25, -0.2) is 0 Å². The Morgan fingerprint density at radius 2 is 2.17 bits per heavy atom. The second kappa shape index (κ2) is 6.44. The van der Waals surface area contributed by atoms with Crippen molar-refractivity contribution in [2.75, 3.05) is 6.54 Å². The van der Waals surface area contributed by atoms with E-state index < -0.39 is 0 Å². The molecule has 5 nitrogen and oxygen atoms in total. The summed E-state index contributed by atoms with van der Waals surface area (Å²) in [6, 6.07) is 3.80. The molecule has 0 radical (unpaired) electrons. The molecule has 0 fully saturated rings. The standard InChI is InChI=1S/C13H21N5/c1-2-4-11(8-9-14)6-7-13-17-16-12-5-3-10-15-18(12)13/h3,5,10-11H,2,4,6-9,14H2,1H3. The van der Waals surface area contributed by atoms with E-state index in [1.54, 1.807) is 6.20 Å². The van der Waals surface area contributed by atoms with Crippen LogP contribution in [0.25, 0.3) is 5.65 Å². The van der Waals surface area contributed by atoms with Gasteiger partial charge in [0.2, 0.25) is 0 Å².